The van der Waals surface area contributed by atoms with Gasteiger partial charge in [0.05, 0.1) is 24.3 Å². The Labute approximate surface area is 195 Å². The summed E-state index contributed by atoms with van der Waals surface area (Å²) in [5, 5.41) is 0. The number of hydrogen-bond acceptors (Lipinski definition) is 5. The van der Waals surface area contributed by atoms with Crippen LogP contribution in [0.4, 0.5) is 0 Å². The zero-order valence-electron chi connectivity index (χ0n) is 19.2. The molecule has 0 aliphatic heterocycles. The van der Waals surface area contributed by atoms with E-state index in [9.17, 15) is 9.59 Å². The molecular weight excluding hydrogens is 416 g/mol. The smallest absolute Gasteiger partial charge is 0.343 e. The van der Waals surface area contributed by atoms with Crippen molar-refractivity contribution >= 4 is 11.9 Å². The first kappa shape index (κ1) is 24.1. The summed E-state index contributed by atoms with van der Waals surface area (Å²) in [5.74, 6) is 0.489. The quantitative estimate of drug-likeness (QED) is 0.202. The van der Waals surface area contributed by atoms with Crippen LogP contribution in [0.15, 0.2) is 78.9 Å². The molecule has 0 amide bonds. The lowest BCUT2D eigenvalue weighted by Crippen LogP contribution is -2.11. The van der Waals surface area contributed by atoms with Gasteiger partial charge in [-0.25, -0.2) is 9.59 Å². The second-order valence-electron chi connectivity index (χ2n) is 8.20. The first-order valence-corrected chi connectivity index (χ1v) is 11.3. The second kappa shape index (κ2) is 12.4. The van der Waals surface area contributed by atoms with E-state index < -0.39 is 11.9 Å². The third-order valence-corrected chi connectivity index (χ3v) is 5.00. The van der Waals surface area contributed by atoms with Crippen molar-refractivity contribution in [3.8, 4) is 11.5 Å². The molecule has 5 nitrogen and oxygen atoms in total. The van der Waals surface area contributed by atoms with Gasteiger partial charge in [-0.05, 0) is 67.1 Å². The number of ether oxygens (including phenoxy) is 3. The van der Waals surface area contributed by atoms with E-state index in [0.717, 1.165) is 19.3 Å². The maximum Gasteiger partial charge on any atom is 0.343 e. The molecule has 0 unspecified atom stereocenters. The summed E-state index contributed by atoms with van der Waals surface area (Å²) in [7, 11) is 0. The zero-order valence-corrected chi connectivity index (χ0v) is 19.2. The third kappa shape index (κ3) is 8.11. The molecule has 3 aromatic rings. The van der Waals surface area contributed by atoms with Crippen molar-refractivity contribution in [2.75, 3.05) is 13.2 Å². The molecule has 0 fully saturated rings. The average molecular weight is 447 g/mol. The van der Waals surface area contributed by atoms with Gasteiger partial charge in [-0.3, -0.25) is 0 Å². The van der Waals surface area contributed by atoms with E-state index in [1.54, 1.807) is 36.4 Å². The Bertz CT molecular complexity index is 1040. The number of carbonyl (C=O) groups excluding carboxylic acids is 2. The van der Waals surface area contributed by atoms with Crippen LogP contribution in [0.25, 0.3) is 0 Å². The van der Waals surface area contributed by atoms with Crippen LogP contribution in [-0.2, 0) is 11.2 Å². The average Bonchev–Trinajstić information content (AvgIpc) is 2.82. The van der Waals surface area contributed by atoms with Crippen LogP contribution in [0.5, 0.6) is 11.5 Å². The number of benzene rings is 3. The highest BCUT2D eigenvalue weighted by Crippen LogP contribution is 2.19. The highest BCUT2D eigenvalue weighted by molar-refractivity contribution is 5.93. The Morgan fingerprint density at radius 3 is 2.15 bits per heavy atom. The molecule has 3 rings (SSSR count). The summed E-state index contributed by atoms with van der Waals surface area (Å²) in [5.41, 5.74) is 1.92. The van der Waals surface area contributed by atoms with Crippen LogP contribution in [0.1, 0.15) is 53.0 Å². The van der Waals surface area contributed by atoms with Gasteiger partial charge < -0.3 is 14.2 Å². The van der Waals surface area contributed by atoms with E-state index in [1.807, 2.05) is 36.4 Å². The molecule has 3 aromatic carbocycles. The van der Waals surface area contributed by atoms with Gasteiger partial charge in [0, 0.05) is 0 Å². The predicted molar refractivity (Wildman–Crippen MR) is 128 cm³/mol. The molecule has 0 saturated carbocycles. The minimum Gasteiger partial charge on any atom is -0.494 e. The molecule has 5 heteroatoms. The largest absolute Gasteiger partial charge is 0.494 e. The van der Waals surface area contributed by atoms with E-state index in [0.29, 0.717) is 36.0 Å². The fraction of sp³-hybridized carbons (Fsp3) is 0.286. The highest BCUT2D eigenvalue weighted by atomic mass is 16.5. The first-order chi connectivity index (χ1) is 16.0. The normalized spacial score (nSPS) is 10.6. The van der Waals surface area contributed by atoms with Crippen molar-refractivity contribution in [1.29, 1.82) is 0 Å². The minimum absolute atomic E-state index is 0.282. The van der Waals surface area contributed by atoms with Gasteiger partial charge >= 0.3 is 11.9 Å². The van der Waals surface area contributed by atoms with Crippen LogP contribution in [0.2, 0.25) is 0 Å². The maximum absolute atomic E-state index is 12.6. The van der Waals surface area contributed by atoms with Gasteiger partial charge in [-0.15, -0.1) is 0 Å². The lowest BCUT2D eigenvalue weighted by Gasteiger charge is -2.10. The van der Waals surface area contributed by atoms with Gasteiger partial charge in [-0.2, -0.15) is 0 Å². The Balaban J connectivity index is 1.51. The Morgan fingerprint density at radius 2 is 1.42 bits per heavy atom. The van der Waals surface area contributed by atoms with Crippen molar-refractivity contribution in [3.63, 3.8) is 0 Å². The molecule has 0 spiro atoms. The van der Waals surface area contributed by atoms with E-state index in [1.165, 1.54) is 11.6 Å². The molecule has 33 heavy (non-hydrogen) atoms. The van der Waals surface area contributed by atoms with Crippen LogP contribution < -0.4 is 9.47 Å². The molecule has 0 aliphatic carbocycles. The maximum atomic E-state index is 12.6. The van der Waals surface area contributed by atoms with E-state index in [4.69, 9.17) is 14.2 Å². The monoisotopic (exact) mass is 446 g/mol. The summed E-state index contributed by atoms with van der Waals surface area (Å²) in [4.78, 5) is 25.0. The number of rotatable bonds is 11. The fourth-order valence-electron chi connectivity index (χ4n) is 3.15. The number of aryl methyl sites for hydroxylation is 1. The lowest BCUT2D eigenvalue weighted by atomic mass is 10.1. The molecule has 0 bridgehead atoms. The Hall–Kier alpha value is -3.60. The molecule has 0 N–H and O–H groups in total. The van der Waals surface area contributed by atoms with Crippen molar-refractivity contribution in [3.05, 3.63) is 95.6 Å². The van der Waals surface area contributed by atoms with Crippen LogP contribution in [0, 0.1) is 5.92 Å². The highest BCUT2D eigenvalue weighted by Gasteiger charge is 2.13. The van der Waals surface area contributed by atoms with Gasteiger partial charge in [0.1, 0.15) is 11.5 Å². The topological polar surface area (TPSA) is 61.8 Å². The van der Waals surface area contributed by atoms with Crippen molar-refractivity contribution < 1.29 is 23.8 Å². The summed E-state index contributed by atoms with van der Waals surface area (Å²) >= 11 is 0. The number of carbonyl (C=O) groups is 2. The SMILES string of the molecule is CC(C)CCOc1cccc(C(=O)Oc2cccc(C(=O)OCCCc3ccccc3)c2)c1. The summed E-state index contributed by atoms with van der Waals surface area (Å²) in [6.45, 7) is 5.17. The van der Waals surface area contributed by atoms with E-state index in [2.05, 4.69) is 13.8 Å². The van der Waals surface area contributed by atoms with Crippen LogP contribution in [-0.4, -0.2) is 25.2 Å². The number of esters is 2. The zero-order chi connectivity index (χ0) is 23.5. The van der Waals surface area contributed by atoms with Crippen molar-refractivity contribution in [2.24, 2.45) is 5.92 Å². The minimum atomic E-state index is -0.516. The standard InChI is InChI=1S/C28H30O5/c1-21(2)16-18-31-25-14-6-13-24(19-25)28(30)33-26-15-7-12-23(20-26)27(29)32-17-8-11-22-9-4-3-5-10-22/h3-7,9-10,12-15,19-21H,8,11,16-18H2,1-2H3. The molecular formula is C28H30O5. The van der Waals surface area contributed by atoms with Gasteiger partial charge in [0.25, 0.3) is 0 Å². The Kier molecular flexibility index (Phi) is 9.07. The molecule has 0 saturated heterocycles. The predicted octanol–water partition coefficient (Wildman–Crippen LogP) is 6.12. The Morgan fingerprint density at radius 1 is 0.758 bits per heavy atom. The lowest BCUT2D eigenvalue weighted by molar-refractivity contribution is 0.0498. The molecule has 0 heterocycles. The van der Waals surface area contributed by atoms with Crippen molar-refractivity contribution in [2.45, 2.75) is 33.1 Å². The summed E-state index contributed by atoms with van der Waals surface area (Å²) in [6.07, 6.45) is 2.51. The van der Waals surface area contributed by atoms with E-state index in [-0.39, 0.29) is 5.75 Å². The van der Waals surface area contributed by atoms with Gasteiger partial charge in [0.15, 0.2) is 0 Å². The molecule has 172 valence electrons. The molecule has 0 radical (unpaired) electrons. The molecule has 0 aromatic heterocycles. The molecule has 0 atom stereocenters. The van der Waals surface area contributed by atoms with Gasteiger partial charge in [0.2, 0.25) is 0 Å². The first-order valence-electron chi connectivity index (χ1n) is 11.3. The van der Waals surface area contributed by atoms with E-state index >= 15 is 0 Å². The number of hydrogen-bond donors (Lipinski definition) is 0. The van der Waals surface area contributed by atoms with Crippen LogP contribution >= 0.6 is 0 Å². The summed E-state index contributed by atoms with van der Waals surface area (Å²) < 4.78 is 16.6. The second-order valence-corrected chi connectivity index (χ2v) is 8.20. The van der Waals surface area contributed by atoms with Crippen molar-refractivity contribution in [1.82, 2.24) is 0 Å². The third-order valence-electron chi connectivity index (χ3n) is 5.00. The fourth-order valence-corrected chi connectivity index (χ4v) is 3.15. The summed E-state index contributed by atoms with van der Waals surface area (Å²) in [6, 6.07) is 23.4. The van der Waals surface area contributed by atoms with Gasteiger partial charge in [-0.1, -0.05) is 56.3 Å². The van der Waals surface area contributed by atoms with Crippen LogP contribution in [0.3, 0.4) is 0 Å². The molecule has 0 aliphatic rings.